The summed E-state index contributed by atoms with van der Waals surface area (Å²) in [6, 6.07) is 15.6. The number of aliphatic hydroxyl groups excluding tert-OH is 1. The van der Waals surface area contributed by atoms with Gasteiger partial charge in [0.2, 0.25) is 0 Å². The zero-order valence-electron chi connectivity index (χ0n) is 18.6. The van der Waals surface area contributed by atoms with Crippen molar-refractivity contribution in [1.82, 2.24) is 14.9 Å². The molecule has 2 aromatic heterocycles. The second kappa shape index (κ2) is 9.45. The predicted molar refractivity (Wildman–Crippen MR) is 122 cm³/mol. The summed E-state index contributed by atoms with van der Waals surface area (Å²) in [6.45, 7) is 8.67. The summed E-state index contributed by atoms with van der Waals surface area (Å²) in [7, 11) is 0. The highest BCUT2D eigenvalue weighted by atomic mass is 16.4. The SMILES string of the molecule is Cc1ccc(C)n1-c1ccc([C@@H](O)CNC(C)(C)Cc2ccc(CC(=O)O)cc2)cn1. The average molecular weight is 422 g/mol. The number of aromatic nitrogens is 2. The Hall–Kier alpha value is -2.96. The molecule has 2 heterocycles. The third-order valence-electron chi connectivity index (χ3n) is 5.45. The van der Waals surface area contributed by atoms with E-state index in [9.17, 15) is 9.90 Å². The number of aliphatic carboxylic acids is 1. The van der Waals surface area contributed by atoms with Crippen LogP contribution in [0.2, 0.25) is 0 Å². The van der Waals surface area contributed by atoms with E-state index in [4.69, 9.17) is 5.11 Å². The van der Waals surface area contributed by atoms with Gasteiger partial charge in [0.1, 0.15) is 5.82 Å². The lowest BCUT2D eigenvalue weighted by atomic mass is 9.93. The van der Waals surface area contributed by atoms with Crippen molar-refractivity contribution in [3.63, 3.8) is 0 Å². The van der Waals surface area contributed by atoms with Gasteiger partial charge in [-0.2, -0.15) is 0 Å². The lowest BCUT2D eigenvalue weighted by Gasteiger charge is -2.28. The van der Waals surface area contributed by atoms with E-state index in [1.54, 1.807) is 6.20 Å². The van der Waals surface area contributed by atoms with Gasteiger partial charge in [0, 0.05) is 35.2 Å². The molecule has 0 aliphatic carbocycles. The molecule has 0 aliphatic rings. The van der Waals surface area contributed by atoms with Gasteiger partial charge in [0.05, 0.1) is 12.5 Å². The minimum absolute atomic E-state index is 0.0322. The molecule has 0 fully saturated rings. The maximum Gasteiger partial charge on any atom is 0.307 e. The Morgan fingerprint density at radius 3 is 2.19 bits per heavy atom. The minimum Gasteiger partial charge on any atom is -0.481 e. The van der Waals surface area contributed by atoms with E-state index in [0.29, 0.717) is 6.54 Å². The maximum absolute atomic E-state index is 10.8. The monoisotopic (exact) mass is 421 g/mol. The second-order valence-corrected chi connectivity index (χ2v) is 8.75. The number of pyridine rings is 1. The van der Waals surface area contributed by atoms with Crippen molar-refractivity contribution in [3.05, 3.63) is 82.8 Å². The van der Waals surface area contributed by atoms with Crippen LogP contribution in [-0.4, -0.2) is 37.8 Å². The standard InChI is InChI=1S/C25H31N3O3/c1-17-5-6-18(2)28(17)23-12-11-21(15-26-23)22(29)16-27-25(3,4)14-20-9-7-19(8-10-20)13-24(30)31/h5-12,15,22,27,29H,13-14,16H2,1-4H3,(H,30,31)/t22-/m0/s1. The molecule has 0 radical (unpaired) electrons. The van der Waals surface area contributed by atoms with E-state index in [-0.39, 0.29) is 12.0 Å². The smallest absolute Gasteiger partial charge is 0.307 e. The van der Waals surface area contributed by atoms with Crippen LogP contribution in [-0.2, 0) is 17.6 Å². The molecule has 0 unspecified atom stereocenters. The maximum atomic E-state index is 10.8. The van der Waals surface area contributed by atoms with Crippen LogP contribution in [0, 0.1) is 13.8 Å². The van der Waals surface area contributed by atoms with Crippen molar-refractivity contribution in [1.29, 1.82) is 0 Å². The van der Waals surface area contributed by atoms with Gasteiger partial charge in [-0.25, -0.2) is 4.98 Å². The Morgan fingerprint density at radius 1 is 1.03 bits per heavy atom. The molecule has 0 bridgehead atoms. The Morgan fingerprint density at radius 2 is 1.65 bits per heavy atom. The number of carboxylic acid groups (broad SMARTS) is 1. The number of carboxylic acids is 1. The number of aliphatic hydroxyl groups is 1. The number of rotatable bonds is 9. The molecule has 0 spiro atoms. The molecule has 6 nitrogen and oxygen atoms in total. The fourth-order valence-electron chi connectivity index (χ4n) is 3.77. The minimum atomic E-state index is -0.829. The van der Waals surface area contributed by atoms with E-state index in [0.717, 1.165) is 40.3 Å². The zero-order chi connectivity index (χ0) is 22.6. The Kier molecular flexibility index (Phi) is 6.93. The first-order valence-electron chi connectivity index (χ1n) is 10.5. The van der Waals surface area contributed by atoms with Gasteiger partial charge < -0.3 is 20.1 Å². The number of benzene rings is 1. The van der Waals surface area contributed by atoms with E-state index in [1.165, 1.54) is 0 Å². The third-order valence-corrected chi connectivity index (χ3v) is 5.45. The molecule has 3 aromatic rings. The van der Waals surface area contributed by atoms with Crippen LogP contribution in [0.4, 0.5) is 0 Å². The van der Waals surface area contributed by atoms with Gasteiger partial charge in [-0.05, 0) is 63.4 Å². The fourth-order valence-corrected chi connectivity index (χ4v) is 3.77. The third kappa shape index (κ3) is 6.03. The summed E-state index contributed by atoms with van der Waals surface area (Å²) in [5, 5.41) is 23.0. The number of β-amino-alcohol motifs (C(OH)–C–C–N with tert-alkyl or cyclic N) is 1. The van der Waals surface area contributed by atoms with Crippen LogP contribution in [0.1, 0.15) is 48.0 Å². The summed E-state index contributed by atoms with van der Waals surface area (Å²) < 4.78 is 2.08. The summed E-state index contributed by atoms with van der Waals surface area (Å²) in [4.78, 5) is 15.4. The molecule has 3 N–H and O–H groups in total. The molecular weight excluding hydrogens is 390 g/mol. The van der Waals surface area contributed by atoms with Crippen LogP contribution in [0.5, 0.6) is 0 Å². The summed E-state index contributed by atoms with van der Waals surface area (Å²) in [5.41, 5.74) is 4.69. The Labute approximate surface area is 183 Å². The molecule has 0 saturated heterocycles. The number of aryl methyl sites for hydroxylation is 2. The first kappa shape index (κ1) is 22.7. The van der Waals surface area contributed by atoms with Crippen LogP contribution in [0.25, 0.3) is 5.82 Å². The van der Waals surface area contributed by atoms with Gasteiger partial charge >= 0.3 is 5.97 Å². The molecule has 1 aromatic carbocycles. The van der Waals surface area contributed by atoms with E-state index in [1.807, 2.05) is 50.2 Å². The van der Waals surface area contributed by atoms with Crippen molar-refractivity contribution in [2.45, 2.75) is 52.2 Å². The Balaban J connectivity index is 1.57. The normalized spacial score (nSPS) is 12.7. The highest BCUT2D eigenvalue weighted by molar-refractivity contribution is 5.70. The number of nitrogens with one attached hydrogen (secondary N) is 1. The van der Waals surface area contributed by atoms with Crippen molar-refractivity contribution in [2.24, 2.45) is 0 Å². The van der Waals surface area contributed by atoms with Gasteiger partial charge in [-0.15, -0.1) is 0 Å². The number of hydrogen-bond donors (Lipinski definition) is 3. The average Bonchev–Trinajstić information content (AvgIpc) is 3.05. The topological polar surface area (TPSA) is 87.4 Å². The van der Waals surface area contributed by atoms with Crippen molar-refractivity contribution >= 4 is 5.97 Å². The predicted octanol–water partition coefficient (Wildman–Crippen LogP) is 3.76. The van der Waals surface area contributed by atoms with E-state index < -0.39 is 12.1 Å². The van der Waals surface area contributed by atoms with Crippen LogP contribution in [0.15, 0.2) is 54.7 Å². The quantitative estimate of drug-likeness (QED) is 0.490. The molecule has 0 saturated carbocycles. The van der Waals surface area contributed by atoms with Crippen molar-refractivity contribution in [3.8, 4) is 5.82 Å². The summed E-state index contributed by atoms with van der Waals surface area (Å²) in [6.07, 6.45) is 1.86. The summed E-state index contributed by atoms with van der Waals surface area (Å²) >= 11 is 0. The van der Waals surface area contributed by atoms with Crippen molar-refractivity contribution in [2.75, 3.05) is 6.54 Å². The Bertz CT molecular complexity index is 1000. The molecule has 0 aliphatic heterocycles. The van der Waals surface area contributed by atoms with E-state index in [2.05, 4.69) is 40.8 Å². The molecule has 0 amide bonds. The molecule has 1 atom stereocenters. The van der Waals surface area contributed by atoms with Gasteiger partial charge in [0.15, 0.2) is 0 Å². The van der Waals surface area contributed by atoms with Gasteiger partial charge in [-0.3, -0.25) is 4.79 Å². The fraction of sp³-hybridized carbons (Fsp3) is 0.360. The number of nitrogens with zero attached hydrogens (tertiary/aromatic N) is 2. The molecule has 3 rings (SSSR count). The highest BCUT2D eigenvalue weighted by Gasteiger charge is 2.20. The van der Waals surface area contributed by atoms with Crippen LogP contribution < -0.4 is 5.32 Å². The van der Waals surface area contributed by atoms with Crippen LogP contribution in [0.3, 0.4) is 0 Å². The van der Waals surface area contributed by atoms with Gasteiger partial charge in [0.25, 0.3) is 0 Å². The van der Waals surface area contributed by atoms with Crippen LogP contribution >= 0.6 is 0 Å². The molecule has 164 valence electrons. The lowest BCUT2D eigenvalue weighted by Crippen LogP contribution is -2.43. The van der Waals surface area contributed by atoms with Gasteiger partial charge in [-0.1, -0.05) is 30.3 Å². The largest absolute Gasteiger partial charge is 0.481 e. The zero-order valence-corrected chi connectivity index (χ0v) is 18.6. The first-order valence-corrected chi connectivity index (χ1v) is 10.5. The van der Waals surface area contributed by atoms with Crippen molar-refractivity contribution < 1.29 is 15.0 Å². The second-order valence-electron chi connectivity index (χ2n) is 8.75. The highest BCUT2D eigenvalue weighted by Crippen LogP contribution is 2.19. The lowest BCUT2D eigenvalue weighted by molar-refractivity contribution is -0.136. The molecule has 31 heavy (non-hydrogen) atoms. The number of carbonyl (C=O) groups is 1. The van der Waals surface area contributed by atoms with E-state index >= 15 is 0 Å². The molecule has 6 heteroatoms. The summed E-state index contributed by atoms with van der Waals surface area (Å²) in [5.74, 6) is 0.0143. The number of hydrogen-bond acceptors (Lipinski definition) is 4. The molecular formula is C25H31N3O3. The first-order chi connectivity index (χ1) is 14.6.